The first-order chi connectivity index (χ1) is 7.95. The zero-order valence-electron chi connectivity index (χ0n) is 10.0. The van der Waals surface area contributed by atoms with E-state index in [-0.39, 0.29) is 0 Å². The van der Waals surface area contributed by atoms with Gasteiger partial charge in [0.05, 0.1) is 6.10 Å². The van der Waals surface area contributed by atoms with Crippen LogP contribution in [-0.4, -0.2) is 49.9 Å². The van der Waals surface area contributed by atoms with Crippen molar-refractivity contribution < 1.29 is 4.74 Å². The summed E-state index contributed by atoms with van der Waals surface area (Å²) >= 11 is 2.08. The molecular formula is C12H24N2OS. The van der Waals surface area contributed by atoms with Crippen molar-refractivity contribution in [2.45, 2.75) is 37.8 Å². The molecule has 0 radical (unpaired) electrons. The minimum atomic E-state index is 0.538. The molecule has 2 heterocycles. The van der Waals surface area contributed by atoms with E-state index in [1.54, 1.807) is 0 Å². The zero-order valence-corrected chi connectivity index (χ0v) is 10.9. The molecule has 0 saturated carbocycles. The first kappa shape index (κ1) is 12.7. The Kier molecular flexibility index (Phi) is 5.97. The molecule has 0 bridgehead atoms. The Morgan fingerprint density at radius 1 is 1.31 bits per heavy atom. The van der Waals surface area contributed by atoms with Gasteiger partial charge in [0, 0.05) is 30.7 Å². The summed E-state index contributed by atoms with van der Waals surface area (Å²) in [7, 11) is 0. The van der Waals surface area contributed by atoms with Crippen molar-refractivity contribution in [2.75, 3.05) is 37.7 Å². The van der Waals surface area contributed by atoms with Gasteiger partial charge in [-0.2, -0.15) is 11.8 Å². The highest BCUT2D eigenvalue weighted by atomic mass is 32.2. The lowest BCUT2D eigenvalue weighted by Crippen LogP contribution is -2.39. The molecule has 0 aromatic heterocycles. The van der Waals surface area contributed by atoms with Crippen molar-refractivity contribution in [1.29, 1.82) is 0 Å². The number of hydrogen-bond acceptors (Lipinski definition) is 4. The maximum Gasteiger partial charge on any atom is 0.0588 e. The molecule has 0 spiro atoms. The molecule has 4 heteroatoms. The third-order valence-corrected chi connectivity index (χ3v) is 4.47. The molecule has 2 rings (SSSR count). The van der Waals surface area contributed by atoms with Crippen LogP contribution in [0.3, 0.4) is 0 Å². The van der Waals surface area contributed by atoms with E-state index < -0.39 is 0 Å². The van der Waals surface area contributed by atoms with Crippen molar-refractivity contribution in [1.82, 2.24) is 10.6 Å². The second kappa shape index (κ2) is 7.54. The Morgan fingerprint density at radius 3 is 3.00 bits per heavy atom. The fourth-order valence-corrected chi connectivity index (χ4v) is 3.34. The van der Waals surface area contributed by atoms with E-state index in [9.17, 15) is 0 Å². The fourth-order valence-electron chi connectivity index (χ4n) is 2.34. The summed E-state index contributed by atoms with van der Waals surface area (Å²) in [5.41, 5.74) is 0. The molecule has 2 saturated heterocycles. The van der Waals surface area contributed by atoms with Crippen LogP contribution >= 0.6 is 11.8 Å². The molecule has 0 aliphatic carbocycles. The van der Waals surface area contributed by atoms with Crippen LogP contribution in [0, 0.1) is 0 Å². The monoisotopic (exact) mass is 244 g/mol. The van der Waals surface area contributed by atoms with Crippen LogP contribution in [0.25, 0.3) is 0 Å². The van der Waals surface area contributed by atoms with E-state index in [2.05, 4.69) is 22.4 Å². The van der Waals surface area contributed by atoms with E-state index in [0.29, 0.717) is 6.10 Å². The topological polar surface area (TPSA) is 33.3 Å². The highest BCUT2D eigenvalue weighted by Crippen LogP contribution is 2.14. The second-order valence-corrected chi connectivity index (χ2v) is 5.84. The second-order valence-electron chi connectivity index (χ2n) is 4.69. The van der Waals surface area contributed by atoms with E-state index in [1.807, 2.05) is 0 Å². The summed E-state index contributed by atoms with van der Waals surface area (Å²) in [6.07, 6.45) is 5.51. The average molecular weight is 244 g/mol. The van der Waals surface area contributed by atoms with E-state index in [0.717, 1.165) is 25.7 Å². The summed E-state index contributed by atoms with van der Waals surface area (Å²) in [4.78, 5) is 0. The molecule has 94 valence electrons. The van der Waals surface area contributed by atoms with Crippen molar-refractivity contribution in [2.24, 2.45) is 0 Å². The van der Waals surface area contributed by atoms with Gasteiger partial charge in [-0.15, -0.1) is 0 Å². The number of thioether (sulfide) groups is 1. The lowest BCUT2D eigenvalue weighted by Gasteiger charge is -2.23. The Bertz CT molecular complexity index is 180. The van der Waals surface area contributed by atoms with Gasteiger partial charge in [0.15, 0.2) is 0 Å². The molecule has 2 aliphatic heterocycles. The van der Waals surface area contributed by atoms with Gasteiger partial charge < -0.3 is 15.4 Å². The van der Waals surface area contributed by atoms with Crippen LogP contribution in [0.2, 0.25) is 0 Å². The molecule has 2 atom stereocenters. The maximum atomic E-state index is 5.59. The highest BCUT2D eigenvalue weighted by molar-refractivity contribution is 7.99. The Labute approximate surface area is 103 Å². The van der Waals surface area contributed by atoms with Crippen molar-refractivity contribution in [3.05, 3.63) is 0 Å². The van der Waals surface area contributed by atoms with E-state index in [4.69, 9.17) is 4.74 Å². The zero-order chi connectivity index (χ0) is 11.1. The van der Waals surface area contributed by atoms with Gasteiger partial charge in [-0.1, -0.05) is 0 Å². The van der Waals surface area contributed by atoms with E-state index in [1.165, 1.54) is 43.7 Å². The largest absolute Gasteiger partial charge is 0.378 e. The molecule has 2 aliphatic rings. The predicted molar refractivity (Wildman–Crippen MR) is 70.2 cm³/mol. The number of ether oxygens (including phenoxy) is 1. The molecular weight excluding hydrogens is 220 g/mol. The van der Waals surface area contributed by atoms with Crippen molar-refractivity contribution in [3.63, 3.8) is 0 Å². The van der Waals surface area contributed by atoms with Gasteiger partial charge in [-0.25, -0.2) is 0 Å². The molecule has 3 nitrogen and oxygen atoms in total. The molecule has 2 unspecified atom stereocenters. The Morgan fingerprint density at radius 2 is 2.25 bits per heavy atom. The third-order valence-electron chi connectivity index (χ3n) is 3.34. The Hall–Kier alpha value is 0.230. The van der Waals surface area contributed by atoms with Crippen LogP contribution in [0.4, 0.5) is 0 Å². The highest BCUT2D eigenvalue weighted by Gasteiger charge is 2.15. The molecule has 0 aromatic carbocycles. The van der Waals surface area contributed by atoms with E-state index >= 15 is 0 Å². The van der Waals surface area contributed by atoms with Gasteiger partial charge in [0.25, 0.3) is 0 Å². The third kappa shape index (κ3) is 4.62. The standard InChI is InChI=1S/C12H24N2OS/c1-2-12(15-8-1)4-6-13-5-3-11-10-16-9-7-14-11/h11-14H,1-10H2. The van der Waals surface area contributed by atoms with Crippen LogP contribution in [0.15, 0.2) is 0 Å². The lowest BCUT2D eigenvalue weighted by molar-refractivity contribution is 0.104. The average Bonchev–Trinajstić information content (AvgIpc) is 2.83. The quantitative estimate of drug-likeness (QED) is 0.689. The van der Waals surface area contributed by atoms with Crippen molar-refractivity contribution in [3.8, 4) is 0 Å². The molecule has 0 aromatic rings. The smallest absolute Gasteiger partial charge is 0.0588 e. The SMILES string of the molecule is C1COC(CCNCCC2CSCCN2)C1. The fraction of sp³-hybridized carbons (Fsp3) is 1.00. The molecule has 2 N–H and O–H groups in total. The first-order valence-corrected chi connectivity index (χ1v) is 7.74. The van der Waals surface area contributed by atoms with Crippen LogP contribution in [0.1, 0.15) is 25.7 Å². The minimum Gasteiger partial charge on any atom is -0.378 e. The summed E-state index contributed by atoms with van der Waals surface area (Å²) in [6, 6.07) is 0.731. The van der Waals surface area contributed by atoms with Crippen LogP contribution < -0.4 is 10.6 Å². The predicted octanol–water partition coefficient (Wildman–Crippen LogP) is 1.24. The summed E-state index contributed by atoms with van der Waals surface area (Å²) < 4.78 is 5.59. The normalized spacial score (nSPS) is 30.8. The molecule has 0 amide bonds. The molecule has 16 heavy (non-hydrogen) atoms. The van der Waals surface area contributed by atoms with Gasteiger partial charge in [-0.05, 0) is 38.8 Å². The van der Waals surface area contributed by atoms with Gasteiger partial charge in [-0.3, -0.25) is 0 Å². The lowest BCUT2D eigenvalue weighted by atomic mass is 10.2. The summed E-state index contributed by atoms with van der Waals surface area (Å²) in [5, 5.41) is 7.10. The summed E-state index contributed by atoms with van der Waals surface area (Å²) in [5.74, 6) is 2.57. The van der Waals surface area contributed by atoms with Crippen molar-refractivity contribution >= 4 is 11.8 Å². The minimum absolute atomic E-state index is 0.538. The number of nitrogens with one attached hydrogen (secondary N) is 2. The molecule has 2 fully saturated rings. The van der Waals surface area contributed by atoms with Crippen LogP contribution in [0.5, 0.6) is 0 Å². The summed E-state index contributed by atoms with van der Waals surface area (Å²) in [6.45, 7) is 4.43. The Balaban J connectivity index is 1.42. The number of rotatable bonds is 6. The number of hydrogen-bond donors (Lipinski definition) is 2. The van der Waals surface area contributed by atoms with Gasteiger partial charge >= 0.3 is 0 Å². The van der Waals surface area contributed by atoms with Gasteiger partial charge in [0.1, 0.15) is 0 Å². The maximum absolute atomic E-state index is 5.59. The van der Waals surface area contributed by atoms with Gasteiger partial charge in [0.2, 0.25) is 0 Å². The van der Waals surface area contributed by atoms with Crippen LogP contribution in [-0.2, 0) is 4.74 Å². The first-order valence-electron chi connectivity index (χ1n) is 6.58.